The van der Waals surface area contributed by atoms with E-state index >= 15 is 0 Å². The maximum Gasteiger partial charge on any atom is 0.250 e. The second kappa shape index (κ2) is 9.61. The number of oxazole rings is 1. The summed E-state index contributed by atoms with van der Waals surface area (Å²) in [5.74, 6) is 0.108. The van der Waals surface area contributed by atoms with Gasteiger partial charge in [0.05, 0.1) is 6.20 Å². The molecule has 2 aromatic carbocycles. The molecule has 0 saturated heterocycles. The van der Waals surface area contributed by atoms with Crippen LogP contribution in [0.4, 0.5) is 15.8 Å². The number of nitrogens with zero attached hydrogens (tertiary/aromatic N) is 1. The first kappa shape index (κ1) is 20.2. The standard InChI is InChI=1S/C21H20FN3O4/c1-28-13-20(27)25-17-4-2-3-16(11-17)24-19(26)9-10-21-23-12-18(29-21)14-5-7-15(22)8-6-14/h2-8,11-12H,9-10,13H2,1H3,(H,24,26)(H,25,27). The van der Waals surface area contributed by atoms with Gasteiger partial charge in [0.2, 0.25) is 11.8 Å². The molecule has 0 unspecified atom stereocenters. The Kier molecular flexibility index (Phi) is 6.70. The number of carbonyl (C=O) groups excluding carboxylic acids is 2. The van der Waals surface area contributed by atoms with E-state index in [1.165, 1.54) is 19.2 Å². The van der Waals surface area contributed by atoms with Crippen molar-refractivity contribution in [1.29, 1.82) is 0 Å². The fourth-order valence-electron chi connectivity index (χ4n) is 2.62. The zero-order valence-electron chi connectivity index (χ0n) is 15.8. The Morgan fingerprint density at radius 1 is 1.07 bits per heavy atom. The van der Waals surface area contributed by atoms with Gasteiger partial charge in [0, 0.05) is 36.9 Å². The molecule has 7 nitrogen and oxygen atoms in total. The maximum atomic E-state index is 13.0. The third kappa shape index (κ3) is 5.98. The van der Waals surface area contributed by atoms with Crippen molar-refractivity contribution in [2.24, 2.45) is 0 Å². The number of carbonyl (C=O) groups is 2. The number of anilines is 2. The number of nitrogens with one attached hydrogen (secondary N) is 2. The van der Waals surface area contributed by atoms with Gasteiger partial charge in [-0.2, -0.15) is 0 Å². The molecule has 2 amide bonds. The molecule has 0 fully saturated rings. The number of aromatic nitrogens is 1. The normalized spacial score (nSPS) is 10.6. The molecule has 2 N–H and O–H groups in total. The number of rotatable bonds is 8. The Morgan fingerprint density at radius 3 is 2.45 bits per heavy atom. The van der Waals surface area contributed by atoms with Crippen LogP contribution in [0, 0.1) is 5.82 Å². The molecule has 3 rings (SSSR count). The van der Waals surface area contributed by atoms with Crippen LogP contribution in [0.25, 0.3) is 11.3 Å². The van der Waals surface area contributed by atoms with Gasteiger partial charge in [0.15, 0.2) is 11.7 Å². The monoisotopic (exact) mass is 397 g/mol. The van der Waals surface area contributed by atoms with Gasteiger partial charge >= 0.3 is 0 Å². The van der Waals surface area contributed by atoms with Gasteiger partial charge in [0.1, 0.15) is 12.4 Å². The highest BCUT2D eigenvalue weighted by Crippen LogP contribution is 2.21. The lowest BCUT2D eigenvalue weighted by Crippen LogP contribution is -2.17. The molecular weight excluding hydrogens is 377 g/mol. The Morgan fingerprint density at radius 2 is 1.76 bits per heavy atom. The van der Waals surface area contributed by atoms with E-state index in [9.17, 15) is 14.0 Å². The number of hydrogen-bond acceptors (Lipinski definition) is 5. The van der Waals surface area contributed by atoms with Crippen LogP contribution in [-0.2, 0) is 20.7 Å². The van der Waals surface area contributed by atoms with E-state index < -0.39 is 0 Å². The van der Waals surface area contributed by atoms with Crippen molar-refractivity contribution < 1.29 is 23.1 Å². The Hall–Kier alpha value is -3.52. The molecule has 150 valence electrons. The number of hydrogen-bond donors (Lipinski definition) is 2. The predicted molar refractivity (Wildman–Crippen MR) is 106 cm³/mol. The first-order chi connectivity index (χ1) is 14.0. The van der Waals surface area contributed by atoms with Crippen molar-refractivity contribution in [1.82, 2.24) is 4.98 Å². The average molecular weight is 397 g/mol. The molecule has 1 heterocycles. The second-order valence-electron chi connectivity index (χ2n) is 6.24. The molecule has 0 bridgehead atoms. The van der Waals surface area contributed by atoms with Gasteiger partial charge < -0.3 is 19.8 Å². The molecular formula is C21H20FN3O4. The summed E-state index contributed by atoms with van der Waals surface area (Å²) in [4.78, 5) is 27.9. The van der Waals surface area contributed by atoms with Gasteiger partial charge in [-0.25, -0.2) is 9.37 Å². The summed E-state index contributed by atoms with van der Waals surface area (Å²) >= 11 is 0. The van der Waals surface area contributed by atoms with E-state index in [-0.39, 0.29) is 30.7 Å². The minimum absolute atomic E-state index is 0.0490. The van der Waals surface area contributed by atoms with Crippen LogP contribution in [0.5, 0.6) is 0 Å². The number of methoxy groups -OCH3 is 1. The minimum Gasteiger partial charge on any atom is -0.441 e. The van der Waals surface area contributed by atoms with Gasteiger partial charge in [-0.15, -0.1) is 0 Å². The maximum absolute atomic E-state index is 13.0. The number of amides is 2. The summed E-state index contributed by atoms with van der Waals surface area (Å²) in [6, 6.07) is 12.7. The van der Waals surface area contributed by atoms with Crippen LogP contribution in [-0.4, -0.2) is 30.5 Å². The number of benzene rings is 2. The fourth-order valence-corrected chi connectivity index (χ4v) is 2.62. The van der Waals surface area contributed by atoms with Gasteiger partial charge in [0.25, 0.3) is 0 Å². The average Bonchev–Trinajstić information content (AvgIpc) is 3.16. The minimum atomic E-state index is -0.326. The molecule has 8 heteroatoms. The lowest BCUT2D eigenvalue weighted by Gasteiger charge is -2.08. The van der Waals surface area contributed by atoms with Crippen molar-refractivity contribution in [2.45, 2.75) is 12.8 Å². The molecule has 29 heavy (non-hydrogen) atoms. The Labute approximate surface area is 166 Å². The summed E-state index contributed by atoms with van der Waals surface area (Å²) < 4.78 is 23.4. The first-order valence-electron chi connectivity index (χ1n) is 8.93. The highest BCUT2D eigenvalue weighted by molar-refractivity contribution is 5.94. The lowest BCUT2D eigenvalue weighted by atomic mass is 10.2. The van der Waals surface area contributed by atoms with Crippen LogP contribution in [0.15, 0.2) is 59.1 Å². The Bertz CT molecular complexity index is 986. The van der Waals surface area contributed by atoms with Crippen molar-refractivity contribution in [3.05, 3.63) is 66.4 Å². The Balaban J connectivity index is 1.53. The second-order valence-corrected chi connectivity index (χ2v) is 6.24. The largest absolute Gasteiger partial charge is 0.441 e. The SMILES string of the molecule is COCC(=O)Nc1cccc(NC(=O)CCc2ncc(-c3ccc(F)cc3)o2)c1. The highest BCUT2D eigenvalue weighted by atomic mass is 19.1. The van der Waals surface area contributed by atoms with Crippen LogP contribution >= 0.6 is 0 Å². The van der Waals surface area contributed by atoms with Crippen LogP contribution in [0.2, 0.25) is 0 Å². The smallest absolute Gasteiger partial charge is 0.250 e. The summed E-state index contributed by atoms with van der Waals surface area (Å²) in [6.07, 6.45) is 2.04. The molecule has 0 aliphatic carbocycles. The number of ether oxygens (including phenoxy) is 1. The third-order valence-electron chi connectivity index (χ3n) is 3.95. The summed E-state index contributed by atoms with van der Waals surface area (Å²) in [6.45, 7) is -0.0490. The van der Waals surface area contributed by atoms with Crippen LogP contribution in [0.3, 0.4) is 0 Å². The van der Waals surface area contributed by atoms with E-state index in [0.717, 1.165) is 0 Å². The molecule has 1 aromatic heterocycles. The van der Waals surface area contributed by atoms with E-state index in [1.54, 1.807) is 42.6 Å². The van der Waals surface area contributed by atoms with Gasteiger partial charge in [-0.1, -0.05) is 6.07 Å². The topological polar surface area (TPSA) is 93.5 Å². The predicted octanol–water partition coefficient (Wildman–Crippen LogP) is 3.64. The van der Waals surface area contributed by atoms with Gasteiger partial charge in [-0.3, -0.25) is 9.59 Å². The molecule has 0 aliphatic heterocycles. The molecule has 0 atom stereocenters. The molecule has 3 aromatic rings. The van der Waals surface area contributed by atoms with Crippen molar-refractivity contribution >= 4 is 23.2 Å². The van der Waals surface area contributed by atoms with E-state index in [0.29, 0.717) is 35.0 Å². The van der Waals surface area contributed by atoms with Crippen LogP contribution in [0.1, 0.15) is 12.3 Å². The van der Waals surface area contributed by atoms with E-state index in [4.69, 9.17) is 9.15 Å². The van der Waals surface area contributed by atoms with Gasteiger partial charge in [-0.05, 0) is 42.5 Å². The zero-order chi connectivity index (χ0) is 20.6. The molecule has 0 aliphatic rings. The zero-order valence-corrected chi connectivity index (χ0v) is 15.8. The lowest BCUT2D eigenvalue weighted by molar-refractivity contribution is -0.119. The third-order valence-corrected chi connectivity index (χ3v) is 3.95. The highest BCUT2D eigenvalue weighted by Gasteiger charge is 2.10. The summed E-state index contributed by atoms with van der Waals surface area (Å²) in [5.41, 5.74) is 1.83. The fraction of sp³-hybridized carbons (Fsp3) is 0.190. The number of aryl methyl sites for hydroxylation is 1. The summed E-state index contributed by atoms with van der Waals surface area (Å²) in [7, 11) is 1.44. The van der Waals surface area contributed by atoms with E-state index in [1.807, 2.05) is 0 Å². The molecule has 0 radical (unpaired) electrons. The summed E-state index contributed by atoms with van der Waals surface area (Å²) in [5, 5.41) is 5.44. The van der Waals surface area contributed by atoms with Crippen LogP contribution < -0.4 is 10.6 Å². The van der Waals surface area contributed by atoms with Crippen molar-refractivity contribution in [3.8, 4) is 11.3 Å². The van der Waals surface area contributed by atoms with Crippen molar-refractivity contribution in [2.75, 3.05) is 24.4 Å². The number of halogens is 1. The quantitative estimate of drug-likeness (QED) is 0.605. The molecule has 0 saturated carbocycles. The first-order valence-corrected chi connectivity index (χ1v) is 8.93. The molecule has 0 spiro atoms. The van der Waals surface area contributed by atoms with E-state index in [2.05, 4.69) is 15.6 Å². The van der Waals surface area contributed by atoms with Crippen molar-refractivity contribution in [3.63, 3.8) is 0 Å².